The molecule has 0 bridgehead atoms. The molecule has 1 N–H and O–H groups in total. The van der Waals surface area contributed by atoms with Crippen molar-refractivity contribution < 1.29 is 9.26 Å². The summed E-state index contributed by atoms with van der Waals surface area (Å²) < 4.78 is 10.2. The first-order chi connectivity index (χ1) is 9.48. The summed E-state index contributed by atoms with van der Waals surface area (Å²) in [6.45, 7) is 7.11. The first-order valence-corrected chi connectivity index (χ1v) is 6.42. The lowest BCUT2D eigenvalue weighted by atomic mass is 10.1. The highest BCUT2D eigenvalue weighted by atomic mass is 16.5. The van der Waals surface area contributed by atoms with Crippen molar-refractivity contribution in [1.82, 2.24) is 25.4 Å². The first-order valence-electron chi connectivity index (χ1n) is 6.42. The molecule has 7 nitrogen and oxygen atoms in total. The van der Waals surface area contributed by atoms with Gasteiger partial charge in [0, 0.05) is 24.6 Å². The molecule has 0 saturated heterocycles. The molecule has 0 radical (unpaired) electrons. The molecule has 0 spiro atoms. The summed E-state index contributed by atoms with van der Waals surface area (Å²) in [4.78, 5) is 12.3. The molecule has 0 aliphatic heterocycles. The van der Waals surface area contributed by atoms with E-state index >= 15 is 0 Å². The molecule has 20 heavy (non-hydrogen) atoms. The van der Waals surface area contributed by atoms with Crippen molar-refractivity contribution in [3.8, 4) is 17.4 Å². The molecular formula is C13H19N5O2. The van der Waals surface area contributed by atoms with Crippen molar-refractivity contribution in [2.24, 2.45) is 0 Å². The molecule has 2 aromatic heterocycles. The minimum Gasteiger partial charge on any atom is -0.481 e. The summed E-state index contributed by atoms with van der Waals surface area (Å²) in [6.07, 6.45) is 2.08. The summed E-state index contributed by atoms with van der Waals surface area (Å²) in [5.74, 6) is 1.49. The predicted molar refractivity (Wildman–Crippen MR) is 73.3 cm³/mol. The van der Waals surface area contributed by atoms with E-state index in [0.29, 0.717) is 29.7 Å². The third-order valence-corrected chi connectivity index (χ3v) is 2.54. The van der Waals surface area contributed by atoms with E-state index in [1.165, 1.54) is 6.33 Å². The van der Waals surface area contributed by atoms with Crippen molar-refractivity contribution in [3.05, 3.63) is 18.3 Å². The van der Waals surface area contributed by atoms with Gasteiger partial charge in [-0.2, -0.15) is 4.98 Å². The number of nitrogens with zero attached hydrogens (tertiary/aromatic N) is 4. The number of hydrogen-bond acceptors (Lipinski definition) is 7. The van der Waals surface area contributed by atoms with E-state index in [-0.39, 0.29) is 5.54 Å². The van der Waals surface area contributed by atoms with Crippen LogP contribution in [0.15, 0.2) is 16.9 Å². The van der Waals surface area contributed by atoms with E-state index in [0.717, 1.165) is 6.54 Å². The number of nitrogens with one attached hydrogen (secondary N) is 1. The van der Waals surface area contributed by atoms with Gasteiger partial charge in [-0.25, -0.2) is 9.97 Å². The fourth-order valence-corrected chi connectivity index (χ4v) is 1.58. The van der Waals surface area contributed by atoms with E-state index in [1.54, 1.807) is 13.2 Å². The van der Waals surface area contributed by atoms with Gasteiger partial charge in [0.2, 0.25) is 17.6 Å². The molecule has 108 valence electrons. The Morgan fingerprint density at radius 1 is 1.30 bits per heavy atom. The van der Waals surface area contributed by atoms with Crippen LogP contribution in [0.3, 0.4) is 0 Å². The highest BCUT2D eigenvalue weighted by molar-refractivity contribution is 5.49. The van der Waals surface area contributed by atoms with Crippen LogP contribution in [0.25, 0.3) is 11.5 Å². The fraction of sp³-hybridized carbons (Fsp3) is 0.538. The van der Waals surface area contributed by atoms with Crippen molar-refractivity contribution in [2.75, 3.05) is 13.7 Å². The van der Waals surface area contributed by atoms with Gasteiger partial charge in [0.05, 0.1) is 7.11 Å². The van der Waals surface area contributed by atoms with Crippen LogP contribution in [0.4, 0.5) is 0 Å². The van der Waals surface area contributed by atoms with Crippen LogP contribution in [-0.2, 0) is 6.42 Å². The van der Waals surface area contributed by atoms with Crippen LogP contribution in [0.5, 0.6) is 5.88 Å². The average molecular weight is 277 g/mol. The van der Waals surface area contributed by atoms with Gasteiger partial charge in [-0.3, -0.25) is 0 Å². The van der Waals surface area contributed by atoms with E-state index in [2.05, 4.69) is 46.2 Å². The number of aromatic nitrogens is 4. The Morgan fingerprint density at radius 2 is 2.10 bits per heavy atom. The zero-order valence-electron chi connectivity index (χ0n) is 12.2. The monoisotopic (exact) mass is 277 g/mol. The Morgan fingerprint density at radius 3 is 2.80 bits per heavy atom. The topological polar surface area (TPSA) is 86.0 Å². The molecule has 2 heterocycles. The standard InChI is InChI=1S/C13H19N5O2/c1-13(2,3)16-6-5-10-17-12(18-20-10)9-7-11(19-4)15-8-14-9/h7-8,16H,5-6H2,1-4H3. The molecule has 0 fully saturated rings. The molecule has 0 amide bonds. The molecule has 0 aliphatic rings. The molecule has 0 atom stereocenters. The Kier molecular flexibility index (Phi) is 4.29. The van der Waals surface area contributed by atoms with Gasteiger partial charge >= 0.3 is 0 Å². The predicted octanol–water partition coefficient (Wildman–Crippen LogP) is 1.47. The Labute approximate surface area is 117 Å². The third-order valence-electron chi connectivity index (χ3n) is 2.54. The average Bonchev–Trinajstić information content (AvgIpc) is 2.86. The normalized spacial score (nSPS) is 11.6. The summed E-state index contributed by atoms with van der Waals surface area (Å²) in [6, 6.07) is 1.67. The number of methoxy groups -OCH3 is 1. The van der Waals surface area contributed by atoms with E-state index in [4.69, 9.17) is 9.26 Å². The molecule has 0 aliphatic carbocycles. The summed E-state index contributed by atoms with van der Waals surface area (Å²) in [5, 5.41) is 7.28. The van der Waals surface area contributed by atoms with Crippen LogP contribution in [0, 0.1) is 0 Å². The minimum atomic E-state index is 0.0723. The first kappa shape index (κ1) is 14.4. The molecule has 0 saturated carbocycles. The molecule has 2 rings (SSSR count). The second-order valence-corrected chi connectivity index (χ2v) is 5.38. The maximum Gasteiger partial charge on any atom is 0.228 e. The third kappa shape index (κ3) is 3.99. The Balaban J connectivity index is 2.01. The molecule has 0 unspecified atom stereocenters. The van der Waals surface area contributed by atoms with Crippen molar-refractivity contribution in [3.63, 3.8) is 0 Å². The second-order valence-electron chi connectivity index (χ2n) is 5.38. The highest BCUT2D eigenvalue weighted by Crippen LogP contribution is 2.16. The molecule has 0 aromatic carbocycles. The SMILES string of the molecule is COc1cc(-c2noc(CCNC(C)(C)C)n2)ncn1. The lowest BCUT2D eigenvalue weighted by Gasteiger charge is -2.19. The molecular weight excluding hydrogens is 258 g/mol. The maximum atomic E-state index is 5.20. The van der Waals surface area contributed by atoms with Gasteiger partial charge in [0.1, 0.15) is 12.0 Å². The van der Waals surface area contributed by atoms with Crippen LogP contribution < -0.4 is 10.1 Å². The molecule has 7 heteroatoms. The highest BCUT2D eigenvalue weighted by Gasteiger charge is 2.13. The van der Waals surface area contributed by atoms with Crippen LogP contribution in [0.2, 0.25) is 0 Å². The van der Waals surface area contributed by atoms with Gasteiger partial charge in [-0.05, 0) is 20.8 Å². The van der Waals surface area contributed by atoms with Crippen LogP contribution in [-0.4, -0.2) is 39.3 Å². The number of hydrogen-bond donors (Lipinski definition) is 1. The summed E-state index contributed by atoms with van der Waals surface area (Å²) in [7, 11) is 1.55. The van der Waals surface area contributed by atoms with Crippen LogP contribution in [0.1, 0.15) is 26.7 Å². The number of rotatable bonds is 5. The van der Waals surface area contributed by atoms with Crippen molar-refractivity contribution >= 4 is 0 Å². The van der Waals surface area contributed by atoms with E-state index < -0.39 is 0 Å². The zero-order chi connectivity index (χ0) is 14.6. The van der Waals surface area contributed by atoms with Gasteiger partial charge in [-0.1, -0.05) is 5.16 Å². The zero-order valence-corrected chi connectivity index (χ0v) is 12.2. The van der Waals surface area contributed by atoms with Crippen LogP contribution >= 0.6 is 0 Å². The van der Waals surface area contributed by atoms with Gasteiger partial charge < -0.3 is 14.6 Å². The quantitative estimate of drug-likeness (QED) is 0.885. The van der Waals surface area contributed by atoms with E-state index in [9.17, 15) is 0 Å². The Bertz CT molecular complexity index is 562. The van der Waals surface area contributed by atoms with Crippen molar-refractivity contribution in [1.29, 1.82) is 0 Å². The summed E-state index contributed by atoms with van der Waals surface area (Å²) in [5.41, 5.74) is 0.652. The summed E-state index contributed by atoms with van der Waals surface area (Å²) >= 11 is 0. The lowest BCUT2D eigenvalue weighted by molar-refractivity contribution is 0.362. The molecule has 2 aromatic rings. The second kappa shape index (κ2) is 5.96. The number of ether oxygens (including phenoxy) is 1. The van der Waals surface area contributed by atoms with E-state index in [1.807, 2.05) is 0 Å². The maximum absolute atomic E-state index is 5.20. The minimum absolute atomic E-state index is 0.0723. The van der Waals surface area contributed by atoms with Gasteiger partial charge in [0.15, 0.2) is 0 Å². The lowest BCUT2D eigenvalue weighted by Crippen LogP contribution is -2.37. The van der Waals surface area contributed by atoms with Gasteiger partial charge in [0.25, 0.3) is 0 Å². The smallest absolute Gasteiger partial charge is 0.228 e. The van der Waals surface area contributed by atoms with Crippen molar-refractivity contribution in [2.45, 2.75) is 32.7 Å². The van der Waals surface area contributed by atoms with Gasteiger partial charge in [-0.15, -0.1) is 0 Å². The fourth-order valence-electron chi connectivity index (χ4n) is 1.58. The Hall–Kier alpha value is -2.02. The largest absolute Gasteiger partial charge is 0.481 e.